The Balaban J connectivity index is 1.01. The molecule has 0 N–H and O–H groups in total. The minimum absolute atomic E-state index is 1.02. The molecular weight excluding hydrogens is 480 g/mol. The van der Waals surface area contributed by atoms with Crippen molar-refractivity contribution in [1.29, 1.82) is 0 Å². The fourth-order valence-corrected chi connectivity index (χ4v) is 6.26. The SMILES string of the molecule is C(=Cc1ccc2cc(C3=Cc4ccccc4C3)ccc2c1)c1ccc2cc(C3=Cc4ccccc4C3)ccc2c1. The van der Waals surface area contributed by atoms with Crippen LogP contribution in [0.3, 0.4) is 0 Å². The Morgan fingerprint density at radius 1 is 0.400 bits per heavy atom. The van der Waals surface area contributed by atoms with E-state index in [4.69, 9.17) is 0 Å². The van der Waals surface area contributed by atoms with E-state index in [1.54, 1.807) is 0 Å². The number of allylic oxidation sites excluding steroid dienone is 2. The smallest absolute Gasteiger partial charge is 0.00137 e. The second-order valence-electron chi connectivity index (χ2n) is 11.1. The molecule has 6 aromatic rings. The zero-order chi connectivity index (χ0) is 26.5. The minimum Gasteiger partial charge on any atom is -0.0619 e. The number of fused-ring (bicyclic) bond motifs is 4. The third-order valence-corrected chi connectivity index (χ3v) is 8.47. The molecule has 0 heterocycles. The van der Waals surface area contributed by atoms with Crippen LogP contribution in [0.25, 0.3) is 57.0 Å². The second-order valence-corrected chi connectivity index (χ2v) is 11.1. The molecule has 0 saturated carbocycles. The molecule has 0 aliphatic heterocycles. The molecule has 0 unspecified atom stereocenters. The number of hydrogen-bond acceptors (Lipinski definition) is 0. The lowest BCUT2D eigenvalue weighted by atomic mass is 9.98. The van der Waals surface area contributed by atoms with Crippen LogP contribution in [0.2, 0.25) is 0 Å². The van der Waals surface area contributed by atoms with Gasteiger partial charge in [0.1, 0.15) is 0 Å². The van der Waals surface area contributed by atoms with E-state index in [2.05, 4.69) is 146 Å². The lowest BCUT2D eigenvalue weighted by Crippen LogP contribution is -1.86. The predicted octanol–water partition coefficient (Wildman–Crippen LogP) is 10.4. The maximum Gasteiger partial charge on any atom is -0.00137 e. The molecule has 0 saturated heterocycles. The van der Waals surface area contributed by atoms with Gasteiger partial charge in [-0.1, -0.05) is 121 Å². The lowest BCUT2D eigenvalue weighted by molar-refractivity contribution is 1.32. The largest absolute Gasteiger partial charge is 0.0619 e. The molecule has 2 aliphatic carbocycles. The Labute approximate surface area is 235 Å². The normalized spacial score (nSPS) is 14.0. The van der Waals surface area contributed by atoms with Crippen LogP contribution in [0.15, 0.2) is 121 Å². The van der Waals surface area contributed by atoms with Crippen LogP contribution in [0, 0.1) is 0 Å². The molecule has 2 aliphatic rings. The van der Waals surface area contributed by atoms with Gasteiger partial charge in [-0.15, -0.1) is 0 Å². The summed E-state index contributed by atoms with van der Waals surface area (Å²) in [6, 6.07) is 44.6. The van der Waals surface area contributed by atoms with Crippen molar-refractivity contribution in [2.75, 3.05) is 0 Å². The average molecular weight is 509 g/mol. The second kappa shape index (κ2) is 9.36. The van der Waals surface area contributed by atoms with Crippen LogP contribution >= 0.6 is 0 Å². The first-order valence-electron chi connectivity index (χ1n) is 14.1. The van der Waals surface area contributed by atoms with Gasteiger partial charge in [0, 0.05) is 0 Å². The highest BCUT2D eigenvalue weighted by Gasteiger charge is 2.15. The summed E-state index contributed by atoms with van der Waals surface area (Å²) in [6.07, 6.45) is 11.1. The van der Waals surface area contributed by atoms with E-state index in [-0.39, 0.29) is 0 Å². The van der Waals surface area contributed by atoms with E-state index in [9.17, 15) is 0 Å². The standard InChI is InChI=1S/C40H28/c1-2-6-30-24-39(23-29(30)5-1)37-17-15-33-19-27(11-13-35(33)21-37)9-10-28-12-14-36-22-38(18-16-34(36)20-28)40-25-31-7-3-4-8-32(31)26-40/h1-23,25H,24,26H2. The maximum atomic E-state index is 2.34. The lowest BCUT2D eigenvalue weighted by Gasteiger charge is -2.07. The summed E-state index contributed by atoms with van der Waals surface area (Å²) in [7, 11) is 0. The molecule has 0 aromatic heterocycles. The van der Waals surface area contributed by atoms with Gasteiger partial charge >= 0.3 is 0 Å². The van der Waals surface area contributed by atoms with E-state index in [1.807, 2.05) is 0 Å². The third kappa shape index (κ3) is 4.19. The molecule has 188 valence electrons. The Kier molecular flexibility index (Phi) is 5.38. The summed E-state index contributed by atoms with van der Waals surface area (Å²) in [5.74, 6) is 0. The van der Waals surface area contributed by atoms with Gasteiger partial charge in [-0.05, 0) is 114 Å². The first kappa shape index (κ1) is 23.0. The van der Waals surface area contributed by atoms with Crippen LogP contribution in [0.4, 0.5) is 0 Å². The molecule has 0 bridgehead atoms. The van der Waals surface area contributed by atoms with Crippen LogP contribution in [-0.4, -0.2) is 0 Å². The molecular formula is C40H28. The summed E-state index contributed by atoms with van der Waals surface area (Å²) in [4.78, 5) is 0. The van der Waals surface area contributed by atoms with E-state index in [1.165, 1.54) is 77.2 Å². The molecule has 0 heteroatoms. The summed E-state index contributed by atoms with van der Waals surface area (Å²) in [6.45, 7) is 0. The van der Waals surface area contributed by atoms with Crippen LogP contribution in [0.1, 0.15) is 44.5 Å². The molecule has 0 amide bonds. The Bertz CT molecular complexity index is 1900. The van der Waals surface area contributed by atoms with Crippen molar-refractivity contribution in [3.63, 3.8) is 0 Å². The van der Waals surface area contributed by atoms with Gasteiger partial charge in [-0.3, -0.25) is 0 Å². The average Bonchev–Trinajstić information content (AvgIpc) is 3.64. The van der Waals surface area contributed by atoms with Crippen molar-refractivity contribution in [2.24, 2.45) is 0 Å². The molecule has 0 atom stereocenters. The number of rotatable bonds is 4. The third-order valence-electron chi connectivity index (χ3n) is 8.47. The minimum atomic E-state index is 1.02. The van der Waals surface area contributed by atoms with E-state index >= 15 is 0 Å². The first-order valence-corrected chi connectivity index (χ1v) is 14.1. The molecule has 0 spiro atoms. The van der Waals surface area contributed by atoms with E-state index in [0.29, 0.717) is 0 Å². The van der Waals surface area contributed by atoms with Crippen LogP contribution < -0.4 is 0 Å². The van der Waals surface area contributed by atoms with Crippen molar-refractivity contribution in [3.05, 3.63) is 166 Å². The molecule has 8 rings (SSSR count). The van der Waals surface area contributed by atoms with E-state index < -0.39 is 0 Å². The molecule has 0 radical (unpaired) electrons. The van der Waals surface area contributed by atoms with Crippen molar-refractivity contribution in [2.45, 2.75) is 12.8 Å². The Hall–Kier alpha value is -4.94. The van der Waals surface area contributed by atoms with Crippen molar-refractivity contribution >= 4 is 57.0 Å². The van der Waals surface area contributed by atoms with Gasteiger partial charge in [-0.25, -0.2) is 0 Å². The van der Waals surface area contributed by atoms with Gasteiger partial charge in [0.05, 0.1) is 0 Å². The quantitative estimate of drug-likeness (QED) is 0.208. The highest BCUT2D eigenvalue weighted by Crippen LogP contribution is 2.34. The summed E-state index contributed by atoms with van der Waals surface area (Å²) < 4.78 is 0. The molecule has 0 fully saturated rings. The van der Waals surface area contributed by atoms with Gasteiger partial charge < -0.3 is 0 Å². The first-order chi connectivity index (χ1) is 19.7. The van der Waals surface area contributed by atoms with Gasteiger partial charge in [0.15, 0.2) is 0 Å². The predicted molar refractivity (Wildman–Crippen MR) is 173 cm³/mol. The van der Waals surface area contributed by atoms with Gasteiger partial charge in [0.25, 0.3) is 0 Å². The molecule has 6 aromatic carbocycles. The maximum absolute atomic E-state index is 2.34. The zero-order valence-electron chi connectivity index (χ0n) is 22.3. The summed E-state index contributed by atoms with van der Waals surface area (Å²) in [5, 5.41) is 5.12. The zero-order valence-corrected chi connectivity index (χ0v) is 22.3. The Morgan fingerprint density at radius 2 is 0.825 bits per heavy atom. The van der Waals surface area contributed by atoms with Crippen molar-refractivity contribution in [3.8, 4) is 0 Å². The topological polar surface area (TPSA) is 0 Å². The van der Waals surface area contributed by atoms with Gasteiger partial charge in [-0.2, -0.15) is 0 Å². The summed E-state index contributed by atoms with van der Waals surface area (Å²) in [5.41, 5.74) is 13.4. The molecule has 0 nitrogen and oxygen atoms in total. The summed E-state index contributed by atoms with van der Waals surface area (Å²) >= 11 is 0. The Morgan fingerprint density at radius 3 is 1.30 bits per heavy atom. The monoisotopic (exact) mass is 508 g/mol. The van der Waals surface area contributed by atoms with Crippen molar-refractivity contribution < 1.29 is 0 Å². The number of hydrogen-bond donors (Lipinski definition) is 0. The van der Waals surface area contributed by atoms with Crippen LogP contribution in [0.5, 0.6) is 0 Å². The van der Waals surface area contributed by atoms with E-state index in [0.717, 1.165) is 12.8 Å². The van der Waals surface area contributed by atoms with Gasteiger partial charge in [0.2, 0.25) is 0 Å². The van der Waals surface area contributed by atoms with Crippen molar-refractivity contribution in [1.82, 2.24) is 0 Å². The molecule has 40 heavy (non-hydrogen) atoms. The highest BCUT2D eigenvalue weighted by atomic mass is 14.2. The number of benzene rings is 6. The highest BCUT2D eigenvalue weighted by molar-refractivity contribution is 5.95. The fraction of sp³-hybridized carbons (Fsp3) is 0.0500. The fourth-order valence-electron chi connectivity index (χ4n) is 6.26. The van der Waals surface area contributed by atoms with Crippen LogP contribution in [-0.2, 0) is 12.8 Å².